The molecule has 1 N–H and O–H groups in total. The lowest BCUT2D eigenvalue weighted by molar-refractivity contribution is 0.359. The molecular weight excluding hydrogens is 274 g/mol. The van der Waals surface area contributed by atoms with Crippen LogP contribution in [0.2, 0.25) is 0 Å². The Hall–Kier alpha value is -0.340. The summed E-state index contributed by atoms with van der Waals surface area (Å²) in [5.41, 5.74) is 4.07. The van der Waals surface area contributed by atoms with Gasteiger partial charge in [-0.25, -0.2) is 0 Å². The van der Waals surface area contributed by atoms with Gasteiger partial charge < -0.3 is 5.32 Å². The van der Waals surface area contributed by atoms with Crippen molar-refractivity contribution in [1.82, 2.24) is 5.32 Å². The van der Waals surface area contributed by atoms with Crippen LogP contribution in [0.1, 0.15) is 49.4 Å². The molecule has 1 unspecified atom stereocenters. The summed E-state index contributed by atoms with van der Waals surface area (Å²) in [5, 5.41) is 3.48. The molecule has 0 spiro atoms. The molecule has 0 fully saturated rings. The number of nitrogens with one attached hydrogen (secondary N) is 1. The van der Waals surface area contributed by atoms with Gasteiger partial charge in [-0.3, -0.25) is 0 Å². The second-order valence-corrected chi connectivity index (χ2v) is 5.60. The summed E-state index contributed by atoms with van der Waals surface area (Å²) in [6.45, 7) is 8.88. The summed E-state index contributed by atoms with van der Waals surface area (Å²) in [5.74, 6) is 0.708. The molecule has 17 heavy (non-hydrogen) atoms. The normalized spacial score (nSPS) is 13.1. The van der Waals surface area contributed by atoms with Gasteiger partial charge in [-0.2, -0.15) is 0 Å². The average molecular weight is 298 g/mol. The van der Waals surface area contributed by atoms with E-state index in [1.54, 1.807) is 0 Å². The molecular formula is C15H24BrN. The van der Waals surface area contributed by atoms with Crippen molar-refractivity contribution in [2.24, 2.45) is 5.92 Å². The zero-order chi connectivity index (χ0) is 13.0. The Bertz CT molecular complexity index is 346. The fourth-order valence-electron chi connectivity index (χ4n) is 2.59. The van der Waals surface area contributed by atoms with Gasteiger partial charge in [0.2, 0.25) is 0 Å². The van der Waals surface area contributed by atoms with E-state index in [0.29, 0.717) is 12.0 Å². The van der Waals surface area contributed by atoms with Crippen molar-refractivity contribution in [2.75, 3.05) is 7.05 Å². The summed E-state index contributed by atoms with van der Waals surface area (Å²) in [4.78, 5) is 0. The van der Waals surface area contributed by atoms with E-state index in [9.17, 15) is 0 Å². The van der Waals surface area contributed by atoms with Gasteiger partial charge in [-0.15, -0.1) is 0 Å². The van der Waals surface area contributed by atoms with Gasteiger partial charge in [0.15, 0.2) is 0 Å². The maximum Gasteiger partial charge on any atom is 0.0346 e. The zero-order valence-electron chi connectivity index (χ0n) is 11.6. The molecule has 1 aromatic rings. The SMILES string of the molecule is CCC(CC)C(NC)c1cc(C)c(Br)c(C)c1. The van der Waals surface area contributed by atoms with E-state index in [0.717, 1.165) is 0 Å². The Morgan fingerprint density at radius 1 is 1.12 bits per heavy atom. The van der Waals surface area contributed by atoms with Crippen LogP contribution in [-0.2, 0) is 0 Å². The van der Waals surface area contributed by atoms with E-state index in [2.05, 4.69) is 68.1 Å². The van der Waals surface area contributed by atoms with Gasteiger partial charge in [0.25, 0.3) is 0 Å². The van der Waals surface area contributed by atoms with Crippen LogP contribution in [0.15, 0.2) is 16.6 Å². The van der Waals surface area contributed by atoms with Gasteiger partial charge in [0.1, 0.15) is 0 Å². The number of aryl methyl sites for hydroxylation is 2. The van der Waals surface area contributed by atoms with Gasteiger partial charge in [0, 0.05) is 10.5 Å². The molecule has 1 rings (SSSR count). The van der Waals surface area contributed by atoms with E-state index in [-0.39, 0.29) is 0 Å². The summed E-state index contributed by atoms with van der Waals surface area (Å²) in [6.07, 6.45) is 2.44. The first-order valence-electron chi connectivity index (χ1n) is 6.49. The minimum atomic E-state index is 0.468. The number of benzene rings is 1. The van der Waals surface area contributed by atoms with E-state index in [4.69, 9.17) is 0 Å². The molecule has 1 nitrogen and oxygen atoms in total. The number of hydrogen-bond donors (Lipinski definition) is 1. The third-order valence-electron chi connectivity index (χ3n) is 3.65. The molecule has 0 heterocycles. The average Bonchev–Trinajstić information content (AvgIpc) is 2.32. The highest BCUT2D eigenvalue weighted by Crippen LogP contribution is 2.31. The molecule has 96 valence electrons. The molecule has 0 aromatic heterocycles. The van der Waals surface area contributed by atoms with Crippen molar-refractivity contribution in [2.45, 2.75) is 46.6 Å². The third-order valence-corrected chi connectivity index (χ3v) is 4.90. The topological polar surface area (TPSA) is 12.0 Å². The summed E-state index contributed by atoms with van der Waals surface area (Å²) < 4.78 is 1.24. The predicted molar refractivity (Wildman–Crippen MR) is 79.5 cm³/mol. The number of halogens is 1. The van der Waals surface area contributed by atoms with Crippen LogP contribution >= 0.6 is 15.9 Å². The molecule has 1 atom stereocenters. The first kappa shape index (κ1) is 14.7. The van der Waals surface area contributed by atoms with Gasteiger partial charge in [0.05, 0.1) is 0 Å². The van der Waals surface area contributed by atoms with Crippen molar-refractivity contribution >= 4 is 15.9 Å². The Morgan fingerprint density at radius 2 is 1.59 bits per heavy atom. The second kappa shape index (κ2) is 6.55. The first-order chi connectivity index (χ1) is 8.04. The summed E-state index contributed by atoms with van der Waals surface area (Å²) >= 11 is 3.64. The number of hydrogen-bond acceptors (Lipinski definition) is 1. The van der Waals surface area contributed by atoms with Crippen LogP contribution in [0.3, 0.4) is 0 Å². The van der Waals surface area contributed by atoms with E-state index >= 15 is 0 Å². The van der Waals surface area contributed by atoms with E-state index < -0.39 is 0 Å². The third kappa shape index (κ3) is 3.32. The molecule has 0 aliphatic carbocycles. The fraction of sp³-hybridized carbons (Fsp3) is 0.600. The van der Waals surface area contributed by atoms with Crippen molar-refractivity contribution in [1.29, 1.82) is 0 Å². The molecule has 0 saturated carbocycles. The van der Waals surface area contributed by atoms with Crippen molar-refractivity contribution in [3.63, 3.8) is 0 Å². The van der Waals surface area contributed by atoms with Crippen LogP contribution < -0.4 is 5.32 Å². The first-order valence-corrected chi connectivity index (χ1v) is 7.28. The summed E-state index contributed by atoms with van der Waals surface area (Å²) in [6, 6.07) is 5.07. The Balaban J connectivity index is 3.12. The van der Waals surface area contributed by atoms with Crippen LogP contribution in [0, 0.1) is 19.8 Å². The Kier molecular flexibility index (Phi) is 5.68. The lowest BCUT2D eigenvalue weighted by Crippen LogP contribution is -2.24. The monoisotopic (exact) mass is 297 g/mol. The van der Waals surface area contributed by atoms with Crippen LogP contribution in [0.5, 0.6) is 0 Å². The highest BCUT2D eigenvalue weighted by atomic mass is 79.9. The minimum Gasteiger partial charge on any atom is -0.313 e. The maximum absolute atomic E-state index is 3.64. The highest BCUT2D eigenvalue weighted by molar-refractivity contribution is 9.10. The van der Waals surface area contributed by atoms with Gasteiger partial charge >= 0.3 is 0 Å². The van der Waals surface area contributed by atoms with Crippen molar-refractivity contribution in [3.05, 3.63) is 33.3 Å². The lowest BCUT2D eigenvalue weighted by atomic mass is 9.87. The Labute approximate surface area is 114 Å². The van der Waals surface area contributed by atoms with Gasteiger partial charge in [-0.05, 0) is 43.5 Å². The van der Waals surface area contributed by atoms with Crippen LogP contribution in [-0.4, -0.2) is 7.05 Å². The standard InChI is InChI=1S/C15H24BrN/c1-6-12(7-2)15(17-5)13-8-10(3)14(16)11(4)9-13/h8-9,12,15,17H,6-7H2,1-5H3. The largest absolute Gasteiger partial charge is 0.313 e. The van der Waals surface area contributed by atoms with Crippen molar-refractivity contribution < 1.29 is 0 Å². The Morgan fingerprint density at radius 3 is 1.94 bits per heavy atom. The van der Waals surface area contributed by atoms with E-state index in [1.807, 2.05) is 0 Å². The lowest BCUT2D eigenvalue weighted by Gasteiger charge is -2.26. The second-order valence-electron chi connectivity index (χ2n) is 4.81. The van der Waals surface area contributed by atoms with Crippen LogP contribution in [0.25, 0.3) is 0 Å². The molecule has 0 bridgehead atoms. The zero-order valence-corrected chi connectivity index (χ0v) is 13.2. The molecule has 0 radical (unpaired) electrons. The molecule has 1 aromatic carbocycles. The molecule has 0 saturated heterocycles. The minimum absolute atomic E-state index is 0.468. The van der Waals surface area contributed by atoms with Gasteiger partial charge in [-0.1, -0.05) is 54.8 Å². The molecule has 2 heteroatoms. The fourth-order valence-corrected chi connectivity index (χ4v) is 2.82. The predicted octanol–water partition coefficient (Wildman–Crippen LogP) is 4.76. The smallest absolute Gasteiger partial charge is 0.0346 e. The molecule has 0 aliphatic heterocycles. The number of rotatable bonds is 5. The van der Waals surface area contributed by atoms with Crippen molar-refractivity contribution in [3.8, 4) is 0 Å². The maximum atomic E-state index is 3.64. The summed E-state index contributed by atoms with van der Waals surface area (Å²) in [7, 11) is 2.07. The quantitative estimate of drug-likeness (QED) is 0.826. The van der Waals surface area contributed by atoms with E-state index in [1.165, 1.54) is 34.0 Å². The highest BCUT2D eigenvalue weighted by Gasteiger charge is 2.19. The van der Waals surface area contributed by atoms with Crippen LogP contribution in [0.4, 0.5) is 0 Å². The molecule has 0 aliphatic rings. The molecule has 0 amide bonds.